The Morgan fingerprint density at radius 2 is 1.12 bits per heavy atom. The van der Waals surface area contributed by atoms with Gasteiger partial charge in [0.2, 0.25) is 11.8 Å². The molecule has 2 aromatic carbocycles. The van der Waals surface area contributed by atoms with Crippen LogP contribution in [0.4, 0.5) is 9.59 Å². The van der Waals surface area contributed by atoms with E-state index in [4.69, 9.17) is 21.1 Å². The van der Waals surface area contributed by atoms with Gasteiger partial charge >= 0.3 is 12.2 Å². The second-order valence-electron chi connectivity index (χ2n) is 23.6. The molecule has 2 unspecified atom stereocenters. The molecule has 5 aliphatic carbocycles. The van der Waals surface area contributed by atoms with Crippen LogP contribution in [0.5, 0.6) is 0 Å². The lowest BCUT2D eigenvalue weighted by atomic mass is 9.79. The van der Waals surface area contributed by atoms with Crippen LogP contribution >= 0.6 is 11.6 Å². The molecular formula is C57H79ClN4O6. The smallest absolute Gasteiger partial charge is 0.407 e. The van der Waals surface area contributed by atoms with Crippen molar-refractivity contribution in [2.24, 2.45) is 35.5 Å². The average molecular weight is 952 g/mol. The van der Waals surface area contributed by atoms with Crippen LogP contribution in [-0.2, 0) is 31.9 Å². The highest BCUT2D eigenvalue weighted by Crippen LogP contribution is 2.50. The van der Waals surface area contributed by atoms with Crippen LogP contribution in [0, 0.1) is 42.4 Å². The first-order valence-corrected chi connectivity index (χ1v) is 26.5. The predicted octanol–water partition coefficient (Wildman–Crippen LogP) is 11.9. The van der Waals surface area contributed by atoms with Gasteiger partial charge in [0.1, 0.15) is 11.2 Å². The van der Waals surface area contributed by atoms with Crippen molar-refractivity contribution in [2.75, 3.05) is 26.2 Å². The van der Waals surface area contributed by atoms with E-state index in [1.54, 1.807) is 0 Å². The first-order valence-electron chi connectivity index (χ1n) is 26.1. The van der Waals surface area contributed by atoms with Crippen LogP contribution in [0.2, 0.25) is 5.02 Å². The van der Waals surface area contributed by atoms with E-state index in [2.05, 4.69) is 71.5 Å². The summed E-state index contributed by atoms with van der Waals surface area (Å²) in [6.07, 6.45) is 13.2. The highest BCUT2D eigenvalue weighted by atomic mass is 35.5. The van der Waals surface area contributed by atoms with Crippen molar-refractivity contribution in [1.29, 1.82) is 0 Å². The Kier molecular flexibility index (Phi) is 15.2. The number of nitrogens with one attached hydrogen (secondary N) is 2. The maximum atomic E-state index is 13.7. The van der Waals surface area contributed by atoms with Gasteiger partial charge in [0, 0.05) is 43.0 Å². The van der Waals surface area contributed by atoms with Crippen molar-refractivity contribution in [3.63, 3.8) is 0 Å². The number of benzene rings is 2. The molecule has 2 atom stereocenters. The minimum atomic E-state index is -0.483. The third-order valence-corrected chi connectivity index (χ3v) is 15.9. The first-order chi connectivity index (χ1) is 32.2. The highest BCUT2D eigenvalue weighted by Gasteiger charge is 2.46. The van der Waals surface area contributed by atoms with Crippen LogP contribution in [0.1, 0.15) is 160 Å². The summed E-state index contributed by atoms with van der Waals surface area (Å²) in [4.78, 5) is 55.9. The van der Waals surface area contributed by atoms with Gasteiger partial charge in [-0.25, -0.2) is 9.59 Å². The average Bonchev–Trinajstić information content (AvgIpc) is 3.96. The molecule has 9 rings (SSSR count). The van der Waals surface area contributed by atoms with E-state index in [-0.39, 0.29) is 36.1 Å². The second kappa shape index (κ2) is 20.6. The Balaban J connectivity index is 0.000000184. The molecule has 4 amide bonds. The van der Waals surface area contributed by atoms with Crippen LogP contribution < -0.4 is 10.6 Å². The SMILES string of the molecule is CC(C)(C)OC(=O)NCC1CCC(C(=O)N2CCC3=C(Cc4cc(Cl)ccc43)C2C2CC2)CC1.Cc1ccc2c(c1)CC1=C2CCN(C(=O)C2CCC(CNC(=O)OC(C)(C)C)CC2)C1C(C)C. The Labute approximate surface area is 411 Å². The molecule has 0 spiro atoms. The molecule has 0 bridgehead atoms. The van der Waals surface area contributed by atoms with Gasteiger partial charge in [0.25, 0.3) is 0 Å². The zero-order chi connectivity index (χ0) is 48.7. The predicted molar refractivity (Wildman–Crippen MR) is 271 cm³/mol. The number of hydrogen-bond donors (Lipinski definition) is 2. The van der Waals surface area contributed by atoms with Crippen molar-refractivity contribution in [3.05, 3.63) is 80.4 Å². The van der Waals surface area contributed by atoms with Gasteiger partial charge in [-0.3, -0.25) is 9.59 Å². The molecule has 7 aliphatic rings. The largest absolute Gasteiger partial charge is 0.444 e. The molecule has 11 heteroatoms. The fourth-order valence-corrected chi connectivity index (χ4v) is 12.6. The van der Waals surface area contributed by atoms with Gasteiger partial charge in [0.05, 0.1) is 12.1 Å². The number of aryl methyl sites for hydroxylation is 1. The summed E-state index contributed by atoms with van der Waals surface area (Å²) in [5.41, 5.74) is 11.8. The normalized spacial score (nSPS) is 25.7. The second-order valence-corrected chi connectivity index (χ2v) is 24.0. The molecule has 10 nitrogen and oxygen atoms in total. The van der Waals surface area contributed by atoms with E-state index < -0.39 is 11.2 Å². The van der Waals surface area contributed by atoms with Crippen molar-refractivity contribution in [2.45, 2.75) is 175 Å². The van der Waals surface area contributed by atoms with Crippen molar-refractivity contribution < 1.29 is 28.7 Å². The number of ether oxygens (including phenoxy) is 2. The number of rotatable bonds is 8. The Bertz CT molecular complexity index is 2130. The molecule has 3 fully saturated rings. The number of alkyl carbamates (subject to hydrolysis) is 2. The third-order valence-electron chi connectivity index (χ3n) is 15.6. The lowest BCUT2D eigenvalue weighted by Gasteiger charge is -2.42. The maximum Gasteiger partial charge on any atom is 0.407 e. The number of carbonyl (C=O) groups excluding carboxylic acids is 4. The van der Waals surface area contributed by atoms with E-state index in [1.807, 2.05) is 47.6 Å². The number of fused-ring (bicyclic) bond motifs is 4. The number of nitrogens with zero attached hydrogens (tertiary/aromatic N) is 2. The van der Waals surface area contributed by atoms with E-state index >= 15 is 0 Å². The van der Waals surface area contributed by atoms with Crippen LogP contribution in [-0.4, -0.2) is 83.3 Å². The molecule has 0 radical (unpaired) electrons. The van der Waals surface area contributed by atoms with Gasteiger partial charge < -0.3 is 29.9 Å². The molecule has 3 saturated carbocycles. The zero-order valence-electron chi connectivity index (χ0n) is 42.5. The molecule has 68 heavy (non-hydrogen) atoms. The lowest BCUT2D eigenvalue weighted by molar-refractivity contribution is -0.140. The molecule has 370 valence electrons. The lowest BCUT2D eigenvalue weighted by Crippen LogP contribution is -2.50. The third kappa shape index (κ3) is 11.8. The van der Waals surface area contributed by atoms with E-state index in [9.17, 15) is 19.2 Å². The monoisotopic (exact) mass is 951 g/mol. The Hall–Kier alpha value is -4.31. The Morgan fingerprint density at radius 3 is 1.63 bits per heavy atom. The van der Waals surface area contributed by atoms with Crippen molar-refractivity contribution in [3.8, 4) is 0 Å². The van der Waals surface area contributed by atoms with Crippen LogP contribution in [0.25, 0.3) is 11.1 Å². The summed E-state index contributed by atoms with van der Waals surface area (Å²) >= 11 is 6.28. The van der Waals surface area contributed by atoms with Crippen LogP contribution in [0.3, 0.4) is 0 Å². The summed E-state index contributed by atoms with van der Waals surface area (Å²) in [7, 11) is 0. The minimum absolute atomic E-state index is 0.104. The quantitative estimate of drug-likeness (QED) is 0.272. The van der Waals surface area contributed by atoms with Gasteiger partial charge in [0.15, 0.2) is 0 Å². The summed E-state index contributed by atoms with van der Waals surface area (Å²) in [5.74, 6) is 2.77. The van der Waals surface area contributed by atoms with Gasteiger partial charge in [-0.05, 0) is 219 Å². The summed E-state index contributed by atoms with van der Waals surface area (Å²) in [6, 6.07) is 13.6. The van der Waals surface area contributed by atoms with Crippen LogP contribution in [0.15, 0.2) is 47.5 Å². The number of hydrogen-bond acceptors (Lipinski definition) is 6. The van der Waals surface area contributed by atoms with Crippen molar-refractivity contribution in [1.82, 2.24) is 20.4 Å². The van der Waals surface area contributed by atoms with E-state index in [1.165, 1.54) is 63.0 Å². The van der Waals surface area contributed by atoms with Gasteiger partial charge in [-0.15, -0.1) is 0 Å². The fraction of sp³-hybridized carbons (Fsp3) is 0.649. The maximum absolute atomic E-state index is 13.7. The number of amides is 4. The van der Waals surface area contributed by atoms with Gasteiger partial charge in [-0.1, -0.05) is 55.3 Å². The van der Waals surface area contributed by atoms with Gasteiger partial charge in [-0.2, -0.15) is 0 Å². The number of carbonyl (C=O) groups is 4. The molecule has 2 heterocycles. The fourth-order valence-electron chi connectivity index (χ4n) is 12.4. The molecule has 0 saturated heterocycles. The molecule has 2 N–H and O–H groups in total. The van der Waals surface area contributed by atoms with E-state index in [0.717, 1.165) is 95.2 Å². The molecule has 2 aromatic rings. The topological polar surface area (TPSA) is 117 Å². The van der Waals surface area contributed by atoms with Crippen molar-refractivity contribution >= 4 is 46.7 Å². The molecule has 0 aromatic heterocycles. The zero-order valence-corrected chi connectivity index (χ0v) is 43.3. The summed E-state index contributed by atoms with van der Waals surface area (Å²) in [5, 5.41) is 6.62. The molecule has 2 aliphatic heterocycles. The summed E-state index contributed by atoms with van der Waals surface area (Å²) in [6.45, 7) is 20.8. The summed E-state index contributed by atoms with van der Waals surface area (Å²) < 4.78 is 10.7. The van der Waals surface area contributed by atoms with E-state index in [0.29, 0.717) is 48.6 Å². The molecular weight excluding hydrogens is 872 g/mol. The minimum Gasteiger partial charge on any atom is -0.444 e. The number of halogens is 1. The first kappa shape index (κ1) is 50.1. The Morgan fingerprint density at radius 1 is 0.647 bits per heavy atom. The highest BCUT2D eigenvalue weighted by molar-refractivity contribution is 6.30. The standard InChI is InChI=1S/C29H42N2O3.C28H37ClN2O3/c1-18(2)26-25-16-22-15-19(3)7-12-23(22)24(25)13-14-31(26)27(32)21-10-8-20(9-11-21)17-30-28(33)34-29(4,5)6;1-28(2,3)34-27(33)30-16-17-4-6-19(7-5-17)26(32)31-13-12-23-22-11-10-21(29)14-20(22)15-24(23)25(31)18-8-9-18/h7,12,15,18,20-21,26H,8-11,13-14,16-17H2,1-6H3,(H,30,33);10-11,14,17-19,25H,4-9,12-13,15-16H2,1-3H3,(H,30,33).